The molecular weight excluding hydrogens is 274 g/mol. The molecular formula is C16H10ClNO2. The molecule has 0 amide bonds. The lowest BCUT2D eigenvalue weighted by Crippen LogP contribution is -1.88. The standard InChI is InChI=1S/C16H10ClNO2/c1-10(12-4-2-3-11(7-12)9-19)16-18-14-8-13(17)5-6-15(14)20-16/h2-9H,1H2. The van der Waals surface area contributed by atoms with Crippen LogP contribution in [0.2, 0.25) is 5.02 Å². The van der Waals surface area contributed by atoms with Crippen molar-refractivity contribution in [3.63, 3.8) is 0 Å². The molecule has 4 heteroatoms. The molecule has 2 aromatic carbocycles. The SMILES string of the molecule is C=C(c1cccc(C=O)c1)c1nc2cc(Cl)ccc2o1. The largest absolute Gasteiger partial charge is 0.436 e. The minimum atomic E-state index is 0.422. The number of aromatic nitrogens is 1. The van der Waals surface area contributed by atoms with E-state index >= 15 is 0 Å². The first-order valence-corrected chi connectivity index (χ1v) is 6.36. The Morgan fingerprint density at radius 1 is 1.25 bits per heavy atom. The molecule has 0 aliphatic carbocycles. The highest BCUT2D eigenvalue weighted by Gasteiger charge is 2.11. The number of carbonyl (C=O) groups excluding carboxylic acids is 1. The number of hydrogen-bond donors (Lipinski definition) is 0. The molecule has 0 spiro atoms. The highest BCUT2D eigenvalue weighted by atomic mass is 35.5. The Hall–Kier alpha value is -2.39. The third-order valence-electron chi connectivity index (χ3n) is 2.98. The number of benzene rings is 2. The van der Waals surface area contributed by atoms with Gasteiger partial charge in [-0.15, -0.1) is 0 Å². The van der Waals surface area contributed by atoms with Crippen LogP contribution in [0.15, 0.2) is 53.5 Å². The van der Waals surface area contributed by atoms with Gasteiger partial charge in [-0.1, -0.05) is 36.4 Å². The Morgan fingerprint density at radius 2 is 2.10 bits per heavy atom. The van der Waals surface area contributed by atoms with Crippen molar-refractivity contribution in [2.24, 2.45) is 0 Å². The lowest BCUT2D eigenvalue weighted by Gasteiger charge is -2.01. The van der Waals surface area contributed by atoms with Gasteiger partial charge in [-0.05, 0) is 29.8 Å². The second kappa shape index (κ2) is 4.94. The molecule has 0 aliphatic rings. The first kappa shape index (κ1) is 12.6. The zero-order chi connectivity index (χ0) is 14.1. The van der Waals surface area contributed by atoms with E-state index in [9.17, 15) is 4.79 Å². The maximum atomic E-state index is 10.8. The zero-order valence-corrected chi connectivity index (χ0v) is 11.2. The van der Waals surface area contributed by atoms with E-state index in [1.165, 1.54) is 0 Å². The molecule has 3 nitrogen and oxygen atoms in total. The third-order valence-corrected chi connectivity index (χ3v) is 3.21. The van der Waals surface area contributed by atoms with E-state index in [0.29, 0.717) is 33.1 Å². The average molecular weight is 284 g/mol. The smallest absolute Gasteiger partial charge is 0.227 e. The molecule has 3 aromatic rings. The van der Waals surface area contributed by atoms with Crippen LogP contribution in [-0.4, -0.2) is 11.3 Å². The van der Waals surface area contributed by atoms with Crippen LogP contribution in [0, 0.1) is 0 Å². The van der Waals surface area contributed by atoms with E-state index < -0.39 is 0 Å². The van der Waals surface area contributed by atoms with E-state index in [0.717, 1.165) is 11.8 Å². The van der Waals surface area contributed by atoms with Crippen LogP contribution in [0.5, 0.6) is 0 Å². The molecule has 0 bridgehead atoms. The van der Waals surface area contributed by atoms with Gasteiger partial charge in [0.05, 0.1) is 0 Å². The van der Waals surface area contributed by atoms with E-state index in [1.807, 2.05) is 6.07 Å². The first-order chi connectivity index (χ1) is 9.67. The normalized spacial score (nSPS) is 10.7. The second-order valence-electron chi connectivity index (χ2n) is 4.35. The van der Waals surface area contributed by atoms with Gasteiger partial charge >= 0.3 is 0 Å². The lowest BCUT2D eigenvalue weighted by atomic mass is 10.1. The summed E-state index contributed by atoms with van der Waals surface area (Å²) in [7, 11) is 0. The number of aldehydes is 1. The van der Waals surface area contributed by atoms with Gasteiger partial charge in [0.25, 0.3) is 0 Å². The van der Waals surface area contributed by atoms with Gasteiger partial charge in [0, 0.05) is 16.2 Å². The van der Waals surface area contributed by atoms with Gasteiger partial charge in [0.1, 0.15) is 11.8 Å². The molecule has 0 radical (unpaired) electrons. The molecule has 1 aromatic heterocycles. The predicted molar refractivity (Wildman–Crippen MR) is 79.0 cm³/mol. The fraction of sp³-hybridized carbons (Fsp3) is 0. The van der Waals surface area contributed by atoms with Gasteiger partial charge < -0.3 is 4.42 Å². The van der Waals surface area contributed by atoms with Crippen LogP contribution in [0.1, 0.15) is 21.8 Å². The molecule has 0 aliphatic heterocycles. The van der Waals surface area contributed by atoms with Crippen molar-refractivity contribution in [2.45, 2.75) is 0 Å². The summed E-state index contributed by atoms with van der Waals surface area (Å²) in [6, 6.07) is 12.4. The van der Waals surface area contributed by atoms with Crippen molar-refractivity contribution in [1.82, 2.24) is 4.98 Å². The van der Waals surface area contributed by atoms with Crippen LogP contribution in [0.25, 0.3) is 16.7 Å². The highest BCUT2D eigenvalue weighted by Crippen LogP contribution is 2.26. The molecule has 0 saturated carbocycles. The number of fused-ring (bicyclic) bond motifs is 1. The van der Waals surface area contributed by atoms with Gasteiger partial charge in [0.2, 0.25) is 5.89 Å². The Morgan fingerprint density at radius 3 is 2.90 bits per heavy atom. The minimum absolute atomic E-state index is 0.422. The maximum Gasteiger partial charge on any atom is 0.227 e. The van der Waals surface area contributed by atoms with Crippen LogP contribution < -0.4 is 0 Å². The summed E-state index contributed by atoms with van der Waals surface area (Å²) < 4.78 is 5.66. The predicted octanol–water partition coefficient (Wildman–Crippen LogP) is 4.36. The summed E-state index contributed by atoms with van der Waals surface area (Å²) in [5, 5.41) is 0.603. The summed E-state index contributed by atoms with van der Waals surface area (Å²) in [4.78, 5) is 15.2. The first-order valence-electron chi connectivity index (χ1n) is 5.98. The van der Waals surface area contributed by atoms with E-state index in [-0.39, 0.29) is 0 Å². The van der Waals surface area contributed by atoms with E-state index in [2.05, 4.69) is 11.6 Å². The number of halogens is 1. The minimum Gasteiger partial charge on any atom is -0.436 e. The third kappa shape index (κ3) is 2.24. The van der Waals surface area contributed by atoms with Crippen LogP contribution >= 0.6 is 11.6 Å². The van der Waals surface area contributed by atoms with E-state index in [4.69, 9.17) is 16.0 Å². The highest BCUT2D eigenvalue weighted by molar-refractivity contribution is 6.31. The maximum absolute atomic E-state index is 10.8. The number of oxazole rings is 1. The number of carbonyl (C=O) groups is 1. The van der Waals surface area contributed by atoms with Crippen molar-refractivity contribution in [2.75, 3.05) is 0 Å². The molecule has 0 atom stereocenters. The van der Waals surface area contributed by atoms with Crippen LogP contribution in [-0.2, 0) is 0 Å². The number of hydrogen-bond acceptors (Lipinski definition) is 3. The number of rotatable bonds is 3. The number of nitrogens with zero attached hydrogens (tertiary/aromatic N) is 1. The van der Waals surface area contributed by atoms with Crippen molar-refractivity contribution < 1.29 is 9.21 Å². The quantitative estimate of drug-likeness (QED) is 0.671. The molecule has 0 fully saturated rings. The zero-order valence-electron chi connectivity index (χ0n) is 10.5. The van der Waals surface area contributed by atoms with Crippen molar-refractivity contribution in [3.05, 3.63) is 71.1 Å². The molecule has 0 N–H and O–H groups in total. The fourth-order valence-electron chi connectivity index (χ4n) is 1.95. The van der Waals surface area contributed by atoms with Gasteiger partial charge in [-0.25, -0.2) is 4.98 Å². The molecule has 3 rings (SSSR count). The molecule has 0 unspecified atom stereocenters. The Balaban J connectivity index is 2.05. The fourth-order valence-corrected chi connectivity index (χ4v) is 2.12. The van der Waals surface area contributed by atoms with Crippen molar-refractivity contribution in [3.8, 4) is 0 Å². The Kier molecular flexibility index (Phi) is 3.12. The summed E-state index contributed by atoms with van der Waals surface area (Å²) in [5.74, 6) is 0.422. The Labute approximate surface area is 120 Å². The van der Waals surface area contributed by atoms with Gasteiger partial charge in [-0.3, -0.25) is 4.79 Å². The summed E-state index contributed by atoms with van der Waals surface area (Å²) >= 11 is 5.92. The summed E-state index contributed by atoms with van der Waals surface area (Å²) in [6.45, 7) is 3.98. The van der Waals surface area contributed by atoms with Crippen LogP contribution in [0.3, 0.4) is 0 Å². The summed E-state index contributed by atoms with van der Waals surface area (Å²) in [5.41, 5.74) is 3.34. The molecule has 1 heterocycles. The van der Waals surface area contributed by atoms with Gasteiger partial charge in [0.15, 0.2) is 5.58 Å². The van der Waals surface area contributed by atoms with Crippen LogP contribution in [0.4, 0.5) is 0 Å². The van der Waals surface area contributed by atoms with Gasteiger partial charge in [-0.2, -0.15) is 0 Å². The Bertz CT molecular complexity index is 820. The average Bonchev–Trinajstić information content (AvgIpc) is 2.89. The lowest BCUT2D eigenvalue weighted by molar-refractivity contribution is 0.112. The van der Waals surface area contributed by atoms with Crippen molar-refractivity contribution >= 4 is 34.6 Å². The summed E-state index contributed by atoms with van der Waals surface area (Å²) in [6.07, 6.45) is 0.794. The molecule has 98 valence electrons. The monoisotopic (exact) mass is 283 g/mol. The topological polar surface area (TPSA) is 43.1 Å². The molecule has 0 saturated heterocycles. The van der Waals surface area contributed by atoms with Crippen molar-refractivity contribution in [1.29, 1.82) is 0 Å². The second-order valence-corrected chi connectivity index (χ2v) is 4.79. The van der Waals surface area contributed by atoms with E-state index in [1.54, 1.807) is 36.4 Å². The molecule has 20 heavy (non-hydrogen) atoms.